The van der Waals surface area contributed by atoms with E-state index in [4.69, 9.17) is 18.2 Å². The Morgan fingerprint density at radius 3 is 2.64 bits per heavy atom. The van der Waals surface area contributed by atoms with Crippen LogP contribution in [0.1, 0.15) is 59.3 Å². The Balaban J connectivity index is 1.83. The van der Waals surface area contributed by atoms with E-state index in [-0.39, 0.29) is 22.8 Å². The van der Waals surface area contributed by atoms with Crippen molar-refractivity contribution in [2.75, 3.05) is 19.8 Å². The number of H-pyrrole nitrogens is 1. The van der Waals surface area contributed by atoms with Gasteiger partial charge < -0.3 is 18.2 Å². The molecule has 2 saturated heterocycles. The summed E-state index contributed by atoms with van der Waals surface area (Å²) in [6.07, 6.45) is 1.84. The van der Waals surface area contributed by atoms with Crippen molar-refractivity contribution in [2.24, 2.45) is 0 Å². The molecule has 2 fully saturated rings. The number of ether oxygens (including phenoxy) is 1. The number of hydrogen-bond donors (Lipinski definition) is 1. The summed E-state index contributed by atoms with van der Waals surface area (Å²) in [6.45, 7) is 19.0. The fourth-order valence-corrected chi connectivity index (χ4v) is 6.38. The molecule has 1 aromatic heterocycles. The van der Waals surface area contributed by atoms with Gasteiger partial charge in [0.05, 0.1) is 19.3 Å². The summed E-state index contributed by atoms with van der Waals surface area (Å²) in [4.78, 5) is 26.7. The Hall–Kier alpha value is -0.873. The highest BCUT2D eigenvalue weighted by Gasteiger charge is 2.44. The normalized spacial score (nSPS) is 27.4. The Kier molecular flexibility index (Phi) is 8.42. The van der Waals surface area contributed by atoms with E-state index >= 15 is 0 Å². The predicted octanol–water partition coefficient (Wildman–Crippen LogP) is 3.90. The fraction of sp³-hybridized carbons (Fsp3) is 0.818. The summed E-state index contributed by atoms with van der Waals surface area (Å²) in [7, 11) is -3.22. The SMILES string of the molecule is Cc1cn(C2CC(OP3OCCCN3C(C)C)C(CO[Si](C)(C)C(C)(C)C)O2)c(=O)[nH]c1=O. The third kappa shape index (κ3) is 6.23. The molecule has 2 aliphatic heterocycles. The lowest BCUT2D eigenvalue weighted by Gasteiger charge is -2.39. The van der Waals surface area contributed by atoms with Crippen molar-refractivity contribution < 1.29 is 18.2 Å². The standard InChI is InChI=1S/C22H40N3O6PSi/c1-15(2)25-10-9-11-28-32(25)31-17-12-19(24-13-16(3)20(26)23-21(24)27)30-18(17)14-29-33(7,8)22(4,5)6/h13,15,17-19H,9-12,14H2,1-8H3,(H,23,26,27). The maximum absolute atomic E-state index is 12.5. The molecule has 0 aromatic carbocycles. The number of aromatic nitrogens is 2. The highest BCUT2D eigenvalue weighted by atomic mass is 31.2. The third-order valence-electron chi connectivity index (χ3n) is 6.82. The molecule has 188 valence electrons. The molecule has 4 atom stereocenters. The van der Waals surface area contributed by atoms with Gasteiger partial charge in [0.25, 0.3) is 14.1 Å². The molecule has 3 heterocycles. The number of aryl methyl sites for hydroxylation is 1. The van der Waals surface area contributed by atoms with E-state index in [1.54, 1.807) is 13.1 Å². The Bertz CT molecular complexity index is 928. The van der Waals surface area contributed by atoms with Crippen LogP contribution in [0.25, 0.3) is 0 Å². The molecule has 9 nitrogen and oxygen atoms in total. The summed E-state index contributed by atoms with van der Waals surface area (Å²) in [6, 6.07) is 0.306. The lowest BCUT2D eigenvalue weighted by molar-refractivity contribution is -0.0417. The average Bonchev–Trinajstić information content (AvgIpc) is 3.11. The fourth-order valence-electron chi connectivity index (χ4n) is 3.62. The Morgan fingerprint density at radius 1 is 1.30 bits per heavy atom. The molecule has 2 aliphatic rings. The van der Waals surface area contributed by atoms with Crippen molar-refractivity contribution in [2.45, 2.75) is 97.0 Å². The van der Waals surface area contributed by atoms with Crippen molar-refractivity contribution in [3.63, 3.8) is 0 Å². The van der Waals surface area contributed by atoms with Gasteiger partial charge in [0, 0.05) is 30.8 Å². The first-order valence-electron chi connectivity index (χ1n) is 11.8. The van der Waals surface area contributed by atoms with Crippen molar-refractivity contribution in [1.82, 2.24) is 14.2 Å². The highest BCUT2D eigenvalue weighted by Crippen LogP contribution is 2.50. The third-order valence-corrected chi connectivity index (χ3v) is 13.3. The summed E-state index contributed by atoms with van der Waals surface area (Å²) >= 11 is 0. The summed E-state index contributed by atoms with van der Waals surface area (Å²) < 4.78 is 29.1. The van der Waals surface area contributed by atoms with Gasteiger partial charge >= 0.3 is 5.69 Å². The van der Waals surface area contributed by atoms with E-state index in [1.807, 2.05) is 0 Å². The molecule has 1 N–H and O–H groups in total. The van der Waals surface area contributed by atoms with Crippen molar-refractivity contribution in [3.8, 4) is 0 Å². The Morgan fingerprint density at radius 2 is 2.00 bits per heavy atom. The molecule has 0 radical (unpaired) electrons. The van der Waals surface area contributed by atoms with E-state index in [2.05, 4.69) is 57.4 Å². The zero-order chi connectivity index (χ0) is 24.6. The predicted molar refractivity (Wildman–Crippen MR) is 132 cm³/mol. The Labute approximate surface area is 198 Å². The van der Waals surface area contributed by atoms with Gasteiger partial charge in [-0.2, -0.15) is 0 Å². The monoisotopic (exact) mass is 501 g/mol. The van der Waals surface area contributed by atoms with Gasteiger partial charge in [-0.05, 0) is 45.3 Å². The van der Waals surface area contributed by atoms with Crippen LogP contribution in [0.2, 0.25) is 18.1 Å². The van der Waals surface area contributed by atoms with Crippen LogP contribution in [-0.2, 0) is 18.2 Å². The molecule has 0 amide bonds. The lowest BCUT2D eigenvalue weighted by Crippen LogP contribution is -2.44. The molecular formula is C22H40N3O6PSi. The number of hydrogen-bond acceptors (Lipinski definition) is 7. The second kappa shape index (κ2) is 10.4. The molecule has 33 heavy (non-hydrogen) atoms. The van der Waals surface area contributed by atoms with Gasteiger partial charge in [-0.1, -0.05) is 20.8 Å². The van der Waals surface area contributed by atoms with Crippen LogP contribution < -0.4 is 11.2 Å². The minimum absolute atomic E-state index is 0.0688. The molecule has 4 unspecified atom stereocenters. The average molecular weight is 502 g/mol. The maximum atomic E-state index is 12.5. The zero-order valence-corrected chi connectivity index (χ0v) is 23.1. The molecule has 0 spiro atoms. The molecule has 11 heteroatoms. The summed E-state index contributed by atoms with van der Waals surface area (Å²) in [5.41, 5.74) is -0.405. The minimum Gasteiger partial charge on any atom is -0.414 e. The molecule has 0 aliphatic carbocycles. The molecule has 3 rings (SSSR count). The van der Waals surface area contributed by atoms with Crippen LogP contribution >= 0.6 is 8.53 Å². The first-order valence-corrected chi connectivity index (χ1v) is 15.8. The largest absolute Gasteiger partial charge is 0.414 e. The first kappa shape index (κ1) is 26.7. The van der Waals surface area contributed by atoms with Gasteiger partial charge in [-0.25, -0.2) is 9.46 Å². The van der Waals surface area contributed by atoms with Crippen molar-refractivity contribution in [1.29, 1.82) is 0 Å². The second-order valence-corrected chi connectivity index (χ2v) is 17.0. The number of nitrogens with one attached hydrogen (secondary N) is 1. The number of rotatable bonds is 7. The quantitative estimate of drug-likeness (QED) is 0.447. The van der Waals surface area contributed by atoms with E-state index in [9.17, 15) is 9.59 Å². The maximum Gasteiger partial charge on any atom is 0.330 e. The van der Waals surface area contributed by atoms with Gasteiger partial charge in [-0.3, -0.25) is 14.3 Å². The molecule has 1 aromatic rings. The first-order chi connectivity index (χ1) is 15.3. The minimum atomic E-state index is -2.00. The van der Waals surface area contributed by atoms with Crippen LogP contribution in [0.4, 0.5) is 0 Å². The van der Waals surface area contributed by atoms with Crippen molar-refractivity contribution in [3.05, 3.63) is 32.6 Å². The van der Waals surface area contributed by atoms with Gasteiger partial charge in [-0.15, -0.1) is 0 Å². The smallest absolute Gasteiger partial charge is 0.330 e. The lowest BCUT2D eigenvalue weighted by atomic mass is 10.2. The molecular weight excluding hydrogens is 461 g/mol. The van der Waals surface area contributed by atoms with Gasteiger partial charge in [0.15, 0.2) is 8.32 Å². The number of aromatic amines is 1. The van der Waals surface area contributed by atoms with Crippen LogP contribution in [0, 0.1) is 6.92 Å². The van der Waals surface area contributed by atoms with Crippen LogP contribution in [-0.4, -0.2) is 60.5 Å². The molecule has 0 saturated carbocycles. The second-order valence-electron chi connectivity index (χ2n) is 10.7. The summed E-state index contributed by atoms with van der Waals surface area (Å²) in [5, 5.41) is 0.0688. The van der Waals surface area contributed by atoms with E-state index in [0.29, 0.717) is 31.2 Å². The zero-order valence-electron chi connectivity index (χ0n) is 21.2. The molecule has 0 bridgehead atoms. The van der Waals surface area contributed by atoms with Crippen LogP contribution in [0.3, 0.4) is 0 Å². The van der Waals surface area contributed by atoms with E-state index in [1.165, 1.54) is 4.57 Å². The van der Waals surface area contributed by atoms with Gasteiger partial charge in [0.1, 0.15) is 12.3 Å². The highest BCUT2D eigenvalue weighted by molar-refractivity contribution is 7.44. The van der Waals surface area contributed by atoms with Gasteiger partial charge in [0.2, 0.25) is 0 Å². The van der Waals surface area contributed by atoms with Crippen molar-refractivity contribution >= 4 is 16.8 Å². The van der Waals surface area contributed by atoms with E-state index in [0.717, 1.165) is 13.0 Å². The topological polar surface area (TPSA) is 95.0 Å². The van der Waals surface area contributed by atoms with Crippen LogP contribution in [0.15, 0.2) is 15.8 Å². The number of nitrogens with zero attached hydrogens (tertiary/aromatic N) is 2. The van der Waals surface area contributed by atoms with Crippen LogP contribution in [0.5, 0.6) is 0 Å². The van der Waals surface area contributed by atoms with E-state index < -0.39 is 28.8 Å². The summed E-state index contributed by atoms with van der Waals surface area (Å²) in [5.74, 6) is 0.